The molecule has 2 N–H and O–H groups in total. The number of hydrogen-bond acceptors (Lipinski definition) is 2. The van der Waals surface area contributed by atoms with E-state index in [1.807, 2.05) is 0 Å². The van der Waals surface area contributed by atoms with Crippen molar-refractivity contribution < 1.29 is 5.11 Å². The number of rotatable bonds is 7. The first-order valence-electron chi connectivity index (χ1n) is 5.83. The Hall–Kier alpha value is -0.0800. The molecule has 0 heterocycles. The number of aliphatic hydroxyl groups excluding tert-OH is 1. The van der Waals surface area contributed by atoms with Gasteiger partial charge in [0, 0.05) is 12.6 Å². The van der Waals surface area contributed by atoms with Crippen LogP contribution in [0.15, 0.2) is 0 Å². The summed E-state index contributed by atoms with van der Waals surface area (Å²) in [6.45, 7) is 11.6. The Balaban J connectivity index is 3.55. The molecule has 0 saturated carbocycles. The third kappa shape index (κ3) is 8.52. The molecule has 0 aliphatic rings. The van der Waals surface area contributed by atoms with E-state index in [9.17, 15) is 5.11 Å². The molecule has 0 aromatic carbocycles. The van der Waals surface area contributed by atoms with Gasteiger partial charge in [0.05, 0.1) is 6.10 Å². The van der Waals surface area contributed by atoms with Gasteiger partial charge in [-0.1, -0.05) is 34.6 Å². The largest absolute Gasteiger partial charge is 0.392 e. The van der Waals surface area contributed by atoms with Crippen molar-refractivity contribution in [3.63, 3.8) is 0 Å². The summed E-state index contributed by atoms with van der Waals surface area (Å²) >= 11 is 0. The summed E-state index contributed by atoms with van der Waals surface area (Å²) in [7, 11) is 0. The number of nitrogens with one attached hydrogen (secondary N) is 1. The zero-order chi connectivity index (χ0) is 11.1. The highest BCUT2D eigenvalue weighted by molar-refractivity contribution is 4.66. The predicted octanol–water partition coefficient (Wildman–Crippen LogP) is 2.42. The lowest BCUT2D eigenvalue weighted by Gasteiger charge is -2.19. The zero-order valence-corrected chi connectivity index (χ0v) is 10.4. The molecule has 0 aliphatic carbocycles. The second kappa shape index (κ2) is 7.24. The van der Waals surface area contributed by atoms with E-state index in [1.165, 1.54) is 6.42 Å². The van der Waals surface area contributed by atoms with Gasteiger partial charge in [0.25, 0.3) is 0 Å². The van der Waals surface area contributed by atoms with E-state index in [0.717, 1.165) is 18.9 Å². The molecule has 86 valence electrons. The second-order valence-electron chi connectivity index (χ2n) is 5.19. The molecule has 0 aromatic heterocycles. The highest BCUT2D eigenvalue weighted by Crippen LogP contribution is 2.16. The first-order valence-corrected chi connectivity index (χ1v) is 5.83. The Morgan fingerprint density at radius 3 is 2.00 bits per heavy atom. The first kappa shape index (κ1) is 13.9. The van der Waals surface area contributed by atoms with Gasteiger partial charge < -0.3 is 10.4 Å². The quantitative estimate of drug-likeness (QED) is 0.663. The fourth-order valence-corrected chi connectivity index (χ4v) is 1.82. The number of aliphatic hydroxyl groups is 1. The minimum absolute atomic E-state index is 0.189. The Kier molecular flexibility index (Phi) is 7.20. The van der Waals surface area contributed by atoms with Crippen LogP contribution in [0.4, 0.5) is 0 Å². The molecule has 0 aliphatic heterocycles. The molecule has 0 spiro atoms. The molecule has 0 bridgehead atoms. The van der Waals surface area contributed by atoms with Gasteiger partial charge in [-0.2, -0.15) is 0 Å². The summed E-state index contributed by atoms with van der Waals surface area (Å²) in [4.78, 5) is 0. The van der Waals surface area contributed by atoms with Crippen LogP contribution < -0.4 is 5.32 Å². The molecule has 2 atom stereocenters. The minimum atomic E-state index is -0.189. The summed E-state index contributed by atoms with van der Waals surface area (Å²) in [5.74, 6) is 1.36. The fraction of sp³-hybridized carbons (Fsp3) is 1.00. The van der Waals surface area contributed by atoms with Crippen LogP contribution in [0.3, 0.4) is 0 Å². The highest BCUT2D eigenvalue weighted by atomic mass is 16.3. The molecule has 14 heavy (non-hydrogen) atoms. The van der Waals surface area contributed by atoms with Gasteiger partial charge in [-0.05, 0) is 24.7 Å². The van der Waals surface area contributed by atoms with Crippen LogP contribution >= 0.6 is 0 Å². The predicted molar refractivity (Wildman–Crippen MR) is 62.4 cm³/mol. The maximum absolute atomic E-state index is 9.72. The minimum Gasteiger partial charge on any atom is -0.392 e. The molecule has 2 nitrogen and oxygen atoms in total. The van der Waals surface area contributed by atoms with Gasteiger partial charge in [0.2, 0.25) is 0 Å². The maximum Gasteiger partial charge on any atom is 0.0667 e. The summed E-state index contributed by atoms with van der Waals surface area (Å²) in [5.41, 5.74) is 0. The Labute approximate surface area is 89.1 Å². The lowest BCUT2D eigenvalue weighted by atomic mass is 9.93. The third-order valence-electron chi connectivity index (χ3n) is 2.31. The van der Waals surface area contributed by atoms with Crippen molar-refractivity contribution >= 4 is 0 Å². The van der Waals surface area contributed by atoms with E-state index in [1.54, 1.807) is 0 Å². The lowest BCUT2D eigenvalue weighted by Crippen LogP contribution is -2.32. The van der Waals surface area contributed by atoms with Crippen molar-refractivity contribution in [1.82, 2.24) is 5.32 Å². The fourth-order valence-electron chi connectivity index (χ4n) is 1.82. The summed E-state index contributed by atoms with van der Waals surface area (Å²) in [6, 6.07) is 0.463. The van der Waals surface area contributed by atoms with Gasteiger partial charge in [-0.3, -0.25) is 0 Å². The van der Waals surface area contributed by atoms with Gasteiger partial charge in [0.15, 0.2) is 0 Å². The molecule has 0 fully saturated rings. The van der Waals surface area contributed by atoms with Crippen LogP contribution in [0.25, 0.3) is 0 Å². The zero-order valence-electron chi connectivity index (χ0n) is 10.4. The van der Waals surface area contributed by atoms with E-state index in [0.29, 0.717) is 12.0 Å². The van der Waals surface area contributed by atoms with Crippen molar-refractivity contribution in [2.24, 2.45) is 11.8 Å². The highest BCUT2D eigenvalue weighted by Gasteiger charge is 2.11. The SMILES string of the molecule is CC(C)CC(C)CC(O)CNC(C)C. The normalized spacial score (nSPS) is 16.3. The Morgan fingerprint density at radius 2 is 1.57 bits per heavy atom. The van der Waals surface area contributed by atoms with E-state index in [-0.39, 0.29) is 6.10 Å². The second-order valence-corrected chi connectivity index (χ2v) is 5.19. The van der Waals surface area contributed by atoms with Crippen molar-refractivity contribution in [2.45, 2.75) is 59.6 Å². The Morgan fingerprint density at radius 1 is 1.00 bits per heavy atom. The van der Waals surface area contributed by atoms with E-state index < -0.39 is 0 Å². The smallest absolute Gasteiger partial charge is 0.0667 e. The average Bonchev–Trinajstić information content (AvgIpc) is 1.98. The molecule has 0 radical (unpaired) electrons. The summed E-state index contributed by atoms with van der Waals surface area (Å²) < 4.78 is 0. The van der Waals surface area contributed by atoms with E-state index in [4.69, 9.17) is 0 Å². The van der Waals surface area contributed by atoms with Crippen LogP contribution in [0.1, 0.15) is 47.5 Å². The molecular weight excluding hydrogens is 174 g/mol. The maximum atomic E-state index is 9.72. The van der Waals surface area contributed by atoms with Gasteiger partial charge in [-0.25, -0.2) is 0 Å². The Bertz CT molecular complexity index is 134. The standard InChI is InChI=1S/C12H27NO/c1-9(2)6-11(5)7-12(14)8-13-10(3)4/h9-14H,6-8H2,1-5H3. The van der Waals surface area contributed by atoms with Gasteiger partial charge >= 0.3 is 0 Å². The molecule has 0 amide bonds. The van der Waals surface area contributed by atoms with E-state index in [2.05, 4.69) is 39.9 Å². The third-order valence-corrected chi connectivity index (χ3v) is 2.31. The van der Waals surface area contributed by atoms with Crippen molar-refractivity contribution in [1.29, 1.82) is 0 Å². The molecular formula is C12H27NO. The monoisotopic (exact) mass is 201 g/mol. The summed E-state index contributed by atoms with van der Waals surface area (Å²) in [5, 5.41) is 13.0. The van der Waals surface area contributed by atoms with E-state index >= 15 is 0 Å². The first-order chi connectivity index (χ1) is 6.41. The number of hydrogen-bond donors (Lipinski definition) is 2. The van der Waals surface area contributed by atoms with Gasteiger partial charge in [0.1, 0.15) is 0 Å². The lowest BCUT2D eigenvalue weighted by molar-refractivity contribution is 0.135. The molecule has 2 unspecified atom stereocenters. The van der Waals surface area contributed by atoms with Crippen LogP contribution in [-0.2, 0) is 0 Å². The average molecular weight is 201 g/mol. The van der Waals surface area contributed by atoms with Crippen molar-refractivity contribution in [3.05, 3.63) is 0 Å². The molecule has 0 aromatic rings. The molecule has 0 saturated heterocycles. The van der Waals surface area contributed by atoms with Crippen LogP contribution in [0.5, 0.6) is 0 Å². The topological polar surface area (TPSA) is 32.3 Å². The molecule has 2 heteroatoms. The van der Waals surface area contributed by atoms with Crippen LogP contribution in [0.2, 0.25) is 0 Å². The van der Waals surface area contributed by atoms with Crippen molar-refractivity contribution in [2.75, 3.05) is 6.54 Å². The van der Waals surface area contributed by atoms with Crippen molar-refractivity contribution in [3.8, 4) is 0 Å². The molecule has 0 rings (SSSR count). The van der Waals surface area contributed by atoms with Crippen LogP contribution in [0, 0.1) is 11.8 Å². The van der Waals surface area contributed by atoms with Gasteiger partial charge in [-0.15, -0.1) is 0 Å². The summed E-state index contributed by atoms with van der Waals surface area (Å²) in [6.07, 6.45) is 1.93. The van der Waals surface area contributed by atoms with Crippen LogP contribution in [-0.4, -0.2) is 23.8 Å².